The largest absolute Gasteiger partial charge is 0.367 e. The minimum Gasteiger partial charge on any atom is -0.367 e. The van der Waals surface area contributed by atoms with E-state index in [2.05, 4.69) is 38.7 Å². The summed E-state index contributed by atoms with van der Waals surface area (Å²) in [6.45, 7) is 5.87. The number of imidazole rings is 1. The van der Waals surface area contributed by atoms with Crippen LogP contribution in [0.5, 0.6) is 0 Å². The highest BCUT2D eigenvalue weighted by Crippen LogP contribution is 2.14. The molecule has 1 unspecified atom stereocenters. The fourth-order valence-electron chi connectivity index (χ4n) is 2.89. The molecule has 1 aliphatic heterocycles. The molecule has 1 atom stereocenters. The Balaban J connectivity index is 1.65. The minimum atomic E-state index is 0.450. The van der Waals surface area contributed by atoms with Crippen LogP contribution in [0.2, 0.25) is 0 Å². The molecule has 0 saturated carbocycles. The minimum absolute atomic E-state index is 0.450. The van der Waals surface area contributed by atoms with Gasteiger partial charge in [-0.25, -0.2) is 4.98 Å². The van der Waals surface area contributed by atoms with E-state index in [1.807, 2.05) is 18.5 Å². The number of hydrogen-bond acceptors (Lipinski definition) is 3. The Labute approximate surface area is 114 Å². The van der Waals surface area contributed by atoms with Gasteiger partial charge < -0.3 is 10.2 Å². The summed E-state index contributed by atoms with van der Waals surface area (Å²) in [6.07, 6.45) is 7.95. The van der Waals surface area contributed by atoms with Crippen LogP contribution in [0.1, 0.15) is 26.2 Å². The van der Waals surface area contributed by atoms with Crippen molar-refractivity contribution >= 4 is 11.5 Å². The van der Waals surface area contributed by atoms with E-state index in [4.69, 9.17) is 0 Å². The molecule has 2 aromatic rings. The van der Waals surface area contributed by atoms with Crippen molar-refractivity contribution in [2.24, 2.45) is 0 Å². The zero-order valence-electron chi connectivity index (χ0n) is 11.5. The number of nitrogens with one attached hydrogen (secondary N) is 1. The van der Waals surface area contributed by atoms with E-state index >= 15 is 0 Å². The summed E-state index contributed by atoms with van der Waals surface area (Å²) in [6, 6.07) is 6.64. The van der Waals surface area contributed by atoms with Gasteiger partial charge in [-0.1, -0.05) is 12.5 Å². The van der Waals surface area contributed by atoms with Gasteiger partial charge in [0.1, 0.15) is 11.5 Å². The summed E-state index contributed by atoms with van der Waals surface area (Å²) >= 11 is 0. The standard InChI is InChI=1S/C15H22N4/c1-13(12-18-9-3-2-4-10-18)17-15-7-5-6-14-16-8-11-19(14)15/h5-8,11,13,17H,2-4,9-10,12H2,1H3. The third-order valence-electron chi connectivity index (χ3n) is 3.80. The van der Waals surface area contributed by atoms with Crippen LogP contribution in [-0.2, 0) is 0 Å². The van der Waals surface area contributed by atoms with Crippen molar-refractivity contribution in [3.05, 3.63) is 30.6 Å². The molecule has 1 saturated heterocycles. The van der Waals surface area contributed by atoms with Crippen molar-refractivity contribution in [2.45, 2.75) is 32.2 Å². The fourth-order valence-corrected chi connectivity index (χ4v) is 2.89. The smallest absolute Gasteiger partial charge is 0.138 e. The third-order valence-corrected chi connectivity index (χ3v) is 3.80. The molecular formula is C15H22N4. The van der Waals surface area contributed by atoms with E-state index in [9.17, 15) is 0 Å². The average molecular weight is 258 g/mol. The van der Waals surface area contributed by atoms with Crippen molar-refractivity contribution in [3.63, 3.8) is 0 Å². The van der Waals surface area contributed by atoms with Gasteiger partial charge in [0.05, 0.1) is 0 Å². The van der Waals surface area contributed by atoms with E-state index in [-0.39, 0.29) is 0 Å². The molecule has 0 amide bonds. The Morgan fingerprint density at radius 2 is 2.11 bits per heavy atom. The van der Waals surface area contributed by atoms with Crippen LogP contribution in [0.25, 0.3) is 5.65 Å². The molecule has 4 heteroatoms. The van der Waals surface area contributed by atoms with Gasteiger partial charge in [0.15, 0.2) is 0 Å². The Morgan fingerprint density at radius 3 is 2.95 bits per heavy atom. The maximum atomic E-state index is 4.31. The lowest BCUT2D eigenvalue weighted by Gasteiger charge is -2.29. The summed E-state index contributed by atoms with van der Waals surface area (Å²) in [5, 5.41) is 3.60. The lowest BCUT2D eigenvalue weighted by molar-refractivity contribution is 0.223. The molecule has 0 radical (unpaired) electrons. The predicted octanol–water partition coefficient (Wildman–Crippen LogP) is 2.62. The third kappa shape index (κ3) is 2.89. The topological polar surface area (TPSA) is 32.6 Å². The van der Waals surface area contributed by atoms with Crippen molar-refractivity contribution in [1.82, 2.24) is 14.3 Å². The van der Waals surface area contributed by atoms with Crippen LogP contribution in [0.15, 0.2) is 30.6 Å². The predicted molar refractivity (Wildman–Crippen MR) is 78.6 cm³/mol. The van der Waals surface area contributed by atoms with Gasteiger partial charge in [-0.05, 0) is 45.0 Å². The lowest BCUT2D eigenvalue weighted by Crippen LogP contribution is -2.38. The fraction of sp³-hybridized carbons (Fsp3) is 0.533. The summed E-state index contributed by atoms with van der Waals surface area (Å²) in [4.78, 5) is 6.88. The van der Waals surface area contributed by atoms with Gasteiger partial charge in [0.2, 0.25) is 0 Å². The Kier molecular flexibility index (Phi) is 3.69. The van der Waals surface area contributed by atoms with Gasteiger partial charge in [0.25, 0.3) is 0 Å². The van der Waals surface area contributed by atoms with Crippen LogP contribution in [-0.4, -0.2) is 40.0 Å². The van der Waals surface area contributed by atoms with Crippen LogP contribution >= 0.6 is 0 Å². The summed E-state index contributed by atoms with van der Waals surface area (Å²) in [7, 11) is 0. The second-order valence-corrected chi connectivity index (χ2v) is 5.47. The van der Waals surface area contributed by atoms with Crippen molar-refractivity contribution in [3.8, 4) is 0 Å². The highest BCUT2D eigenvalue weighted by molar-refractivity contribution is 5.50. The molecule has 0 spiro atoms. The summed E-state index contributed by atoms with van der Waals surface area (Å²) < 4.78 is 2.10. The van der Waals surface area contributed by atoms with E-state index in [1.54, 1.807) is 0 Å². The number of nitrogens with zero attached hydrogens (tertiary/aromatic N) is 3. The number of fused-ring (bicyclic) bond motifs is 1. The molecule has 1 aliphatic rings. The van der Waals surface area contributed by atoms with Crippen molar-refractivity contribution in [1.29, 1.82) is 0 Å². The molecule has 1 fully saturated rings. The molecule has 4 nitrogen and oxygen atoms in total. The molecule has 1 N–H and O–H groups in total. The van der Waals surface area contributed by atoms with Gasteiger partial charge in [-0.2, -0.15) is 0 Å². The Morgan fingerprint density at radius 1 is 1.26 bits per heavy atom. The monoisotopic (exact) mass is 258 g/mol. The zero-order chi connectivity index (χ0) is 13.1. The van der Waals surface area contributed by atoms with E-state index in [0.29, 0.717) is 6.04 Å². The number of likely N-dealkylation sites (tertiary alicyclic amines) is 1. The molecule has 0 bridgehead atoms. The van der Waals surface area contributed by atoms with Gasteiger partial charge in [-0.15, -0.1) is 0 Å². The number of piperidine rings is 1. The van der Waals surface area contributed by atoms with Crippen LogP contribution in [0, 0.1) is 0 Å². The Bertz CT molecular complexity index is 528. The quantitative estimate of drug-likeness (QED) is 0.915. The lowest BCUT2D eigenvalue weighted by atomic mass is 10.1. The normalized spacial score (nSPS) is 18.6. The zero-order valence-corrected chi connectivity index (χ0v) is 11.5. The second-order valence-electron chi connectivity index (χ2n) is 5.47. The number of aromatic nitrogens is 2. The first-order valence-electron chi connectivity index (χ1n) is 7.24. The number of hydrogen-bond donors (Lipinski definition) is 1. The first-order valence-corrected chi connectivity index (χ1v) is 7.24. The molecule has 0 aliphatic carbocycles. The molecular weight excluding hydrogens is 236 g/mol. The van der Waals surface area contributed by atoms with Crippen molar-refractivity contribution < 1.29 is 0 Å². The van der Waals surface area contributed by atoms with E-state index < -0.39 is 0 Å². The maximum Gasteiger partial charge on any atom is 0.138 e. The van der Waals surface area contributed by atoms with E-state index in [1.165, 1.54) is 32.4 Å². The number of rotatable bonds is 4. The molecule has 102 valence electrons. The number of pyridine rings is 1. The molecule has 3 heterocycles. The van der Waals surface area contributed by atoms with Gasteiger partial charge in [0, 0.05) is 25.0 Å². The summed E-state index contributed by atoms with van der Waals surface area (Å²) in [5.74, 6) is 1.12. The SMILES string of the molecule is CC(CN1CCCCC1)Nc1cccc2nccn12. The van der Waals surface area contributed by atoms with Gasteiger partial charge in [-0.3, -0.25) is 4.40 Å². The first kappa shape index (κ1) is 12.5. The Hall–Kier alpha value is -1.55. The highest BCUT2D eigenvalue weighted by Gasteiger charge is 2.13. The molecule has 19 heavy (non-hydrogen) atoms. The average Bonchev–Trinajstić information content (AvgIpc) is 2.89. The maximum absolute atomic E-state index is 4.31. The van der Waals surface area contributed by atoms with Crippen LogP contribution < -0.4 is 5.32 Å². The molecule has 3 rings (SSSR count). The highest BCUT2D eigenvalue weighted by atomic mass is 15.2. The van der Waals surface area contributed by atoms with Gasteiger partial charge >= 0.3 is 0 Å². The van der Waals surface area contributed by atoms with Crippen LogP contribution in [0.3, 0.4) is 0 Å². The number of anilines is 1. The summed E-state index contributed by atoms with van der Waals surface area (Å²) in [5.41, 5.74) is 0.996. The second kappa shape index (κ2) is 5.61. The molecule has 2 aromatic heterocycles. The van der Waals surface area contributed by atoms with Crippen LogP contribution in [0.4, 0.5) is 5.82 Å². The first-order chi connectivity index (χ1) is 9.33. The molecule has 0 aromatic carbocycles. The van der Waals surface area contributed by atoms with E-state index in [0.717, 1.165) is 18.0 Å². The van der Waals surface area contributed by atoms with Crippen molar-refractivity contribution in [2.75, 3.05) is 25.0 Å².